The smallest absolute Gasteiger partial charge is 0.331 e. The number of hydrogen-bond acceptors (Lipinski definition) is 6. The van der Waals surface area contributed by atoms with Crippen molar-refractivity contribution in [1.82, 2.24) is 24.0 Å². The molecule has 1 atom stereocenters. The zero-order chi connectivity index (χ0) is 23.1. The van der Waals surface area contributed by atoms with Gasteiger partial charge >= 0.3 is 5.69 Å². The number of rotatable bonds is 7. The number of pyridine rings is 2. The molecule has 0 bridgehead atoms. The van der Waals surface area contributed by atoms with E-state index in [1.165, 1.54) is 25.9 Å². The predicted octanol–water partition coefficient (Wildman–Crippen LogP) is 3.73. The molecule has 6 rings (SSSR count). The lowest BCUT2D eigenvalue weighted by Gasteiger charge is -2.27. The molecule has 2 aliphatic heterocycles. The molecule has 2 fully saturated rings. The third kappa shape index (κ3) is 3.76. The molecule has 5 heterocycles. The van der Waals surface area contributed by atoms with Crippen LogP contribution in [0.4, 0.5) is 0 Å². The second-order valence-electron chi connectivity index (χ2n) is 9.19. The summed E-state index contributed by atoms with van der Waals surface area (Å²) in [5.74, 6) is 0.647. The topological polar surface area (TPSA) is 74.4 Å². The predicted molar refractivity (Wildman–Crippen MR) is 131 cm³/mol. The zero-order valence-electron chi connectivity index (χ0n) is 19.4. The Balaban J connectivity index is 1.26. The summed E-state index contributed by atoms with van der Waals surface area (Å²) in [5, 5.41) is 0.936. The Labute approximate surface area is 197 Å². The molecule has 34 heavy (non-hydrogen) atoms. The monoisotopic (exact) mass is 459 g/mol. The van der Waals surface area contributed by atoms with Crippen LogP contribution in [0.15, 0.2) is 47.5 Å². The summed E-state index contributed by atoms with van der Waals surface area (Å²) in [6, 6.07) is 10.1. The molecular weight excluding hydrogens is 430 g/mol. The van der Waals surface area contributed by atoms with E-state index >= 15 is 0 Å². The highest BCUT2D eigenvalue weighted by molar-refractivity contribution is 6.04. The van der Waals surface area contributed by atoms with E-state index in [-0.39, 0.29) is 11.9 Å². The fourth-order valence-corrected chi connectivity index (χ4v) is 5.01. The molecule has 2 aliphatic rings. The van der Waals surface area contributed by atoms with E-state index in [0.717, 1.165) is 52.4 Å². The van der Waals surface area contributed by atoms with E-state index in [4.69, 9.17) is 9.47 Å². The van der Waals surface area contributed by atoms with Gasteiger partial charge < -0.3 is 14.4 Å². The first-order valence-corrected chi connectivity index (χ1v) is 12.1. The van der Waals surface area contributed by atoms with Crippen molar-refractivity contribution in [1.29, 1.82) is 0 Å². The normalized spacial score (nSPS) is 18.6. The number of hydrogen-bond donors (Lipinski definition) is 0. The van der Waals surface area contributed by atoms with Crippen LogP contribution >= 0.6 is 0 Å². The van der Waals surface area contributed by atoms with Gasteiger partial charge in [0.2, 0.25) is 5.88 Å². The van der Waals surface area contributed by atoms with Crippen LogP contribution < -0.4 is 10.4 Å². The minimum absolute atomic E-state index is 0.0766. The van der Waals surface area contributed by atoms with Gasteiger partial charge in [0.05, 0.1) is 36.0 Å². The number of likely N-dealkylation sites (tertiary alicyclic amines) is 1. The van der Waals surface area contributed by atoms with Gasteiger partial charge in [-0.3, -0.25) is 14.1 Å². The Bertz CT molecular complexity index is 1380. The summed E-state index contributed by atoms with van der Waals surface area (Å²) >= 11 is 0. The van der Waals surface area contributed by atoms with Gasteiger partial charge in [-0.25, -0.2) is 9.78 Å². The molecule has 4 aromatic rings. The number of aryl methyl sites for hydroxylation is 1. The van der Waals surface area contributed by atoms with Crippen LogP contribution in [-0.4, -0.2) is 56.9 Å². The molecule has 2 saturated heterocycles. The highest BCUT2D eigenvalue weighted by Crippen LogP contribution is 2.32. The molecule has 3 aromatic heterocycles. The molecule has 0 amide bonds. The summed E-state index contributed by atoms with van der Waals surface area (Å²) in [4.78, 5) is 24.5. The second kappa shape index (κ2) is 8.85. The molecule has 1 unspecified atom stereocenters. The third-order valence-corrected chi connectivity index (χ3v) is 7.02. The first-order valence-electron chi connectivity index (χ1n) is 12.1. The number of fused-ring (bicyclic) bond motifs is 3. The second-order valence-corrected chi connectivity index (χ2v) is 9.19. The number of nitrogens with zero attached hydrogens (tertiary/aromatic N) is 5. The van der Waals surface area contributed by atoms with Gasteiger partial charge in [-0.1, -0.05) is 6.07 Å². The van der Waals surface area contributed by atoms with Crippen LogP contribution in [0.2, 0.25) is 0 Å². The molecule has 176 valence electrons. The van der Waals surface area contributed by atoms with E-state index in [9.17, 15) is 4.79 Å². The Hall–Kier alpha value is -3.23. The molecule has 0 radical (unpaired) electrons. The van der Waals surface area contributed by atoms with Crippen molar-refractivity contribution in [3.63, 3.8) is 0 Å². The lowest BCUT2D eigenvalue weighted by molar-refractivity contribution is -0.0989. The van der Waals surface area contributed by atoms with Crippen LogP contribution in [-0.2, 0) is 11.8 Å². The van der Waals surface area contributed by atoms with Gasteiger partial charge in [0, 0.05) is 43.2 Å². The SMILES string of the molecule is Cn1c(=O)n(C2CCO2)c2c3cc(-c4ccc(OCCCN5CCCC5)nc4)ccc3ncc21. The molecule has 1 aromatic carbocycles. The van der Waals surface area contributed by atoms with Gasteiger partial charge in [-0.15, -0.1) is 0 Å². The largest absolute Gasteiger partial charge is 0.478 e. The van der Waals surface area contributed by atoms with E-state index < -0.39 is 0 Å². The number of aromatic nitrogens is 4. The van der Waals surface area contributed by atoms with E-state index in [2.05, 4.69) is 20.9 Å². The van der Waals surface area contributed by atoms with E-state index in [1.54, 1.807) is 22.4 Å². The van der Waals surface area contributed by atoms with Gasteiger partial charge in [0.25, 0.3) is 0 Å². The van der Waals surface area contributed by atoms with Crippen molar-refractivity contribution < 1.29 is 9.47 Å². The van der Waals surface area contributed by atoms with Crippen LogP contribution in [0.3, 0.4) is 0 Å². The minimum atomic E-state index is -0.214. The van der Waals surface area contributed by atoms with Crippen molar-refractivity contribution in [2.24, 2.45) is 7.05 Å². The third-order valence-electron chi connectivity index (χ3n) is 7.02. The van der Waals surface area contributed by atoms with Crippen LogP contribution in [0.5, 0.6) is 5.88 Å². The average molecular weight is 460 g/mol. The summed E-state index contributed by atoms with van der Waals surface area (Å²) < 4.78 is 14.9. The van der Waals surface area contributed by atoms with Crippen molar-refractivity contribution >= 4 is 21.9 Å². The first-order chi connectivity index (χ1) is 16.7. The van der Waals surface area contributed by atoms with E-state index in [0.29, 0.717) is 19.1 Å². The number of benzene rings is 1. The van der Waals surface area contributed by atoms with Gasteiger partial charge in [0.1, 0.15) is 6.23 Å². The average Bonchev–Trinajstić information content (AvgIpc) is 3.44. The summed E-state index contributed by atoms with van der Waals surface area (Å²) in [6.07, 6.45) is 7.89. The van der Waals surface area contributed by atoms with Crippen molar-refractivity contribution in [2.45, 2.75) is 31.9 Å². The molecule has 8 nitrogen and oxygen atoms in total. The Morgan fingerprint density at radius 3 is 2.65 bits per heavy atom. The molecular formula is C26H29N5O3. The lowest BCUT2D eigenvalue weighted by Crippen LogP contribution is -2.33. The fourth-order valence-electron chi connectivity index (χ4n) is 5.01. The maximum atomic E-state index is 12.9. The molecule has 0 aliphatic carbocycles. The molecule has 8 heteroatoms. The van der Waals surface area contributed by atoms with Crippen molar-refractivity contribution in [2.75, 3.05) is 32.8 Å². The zero-order valence-corrected chi connectivity index (χ0v) is 19.4. The summed E-state index contributed by atoms with van der Waals surface area (Å²) in [7, 11) is 1.78. The van der Waals surface area contributed by atoms with Crippen LogP contribution in [0.25, 0.3) is 33.1 Å². The first kappa shape index (κ1) is 21.3. The Morgan fingerprint density at radius 2 is 1.91 bits per heavy atom. The van der Waals surface area contributed by atoms with Crippen LogP contribution in [0, 0.1) is 0 Å². The lowest BCUT2D eigenvalue weighted by atomic mass is 10.0. The quantitative estimate of drug-likeness (QED) is 0.392. The maximum absolute atomic E-state index is 12.9. The molecule has 0 spiro atoms. The number of imidazole rings is 1. The maximum Gasteiger partial charge on any atom is 0.331 e. The highest BCUT2D eigenvalue weighted by Gasteiger charge is 2.27. The fraction of sp³-hybridized carbons (Fsp3) is 0.423. The molecule has 0 N–H and O–H groups in total. The Morgan fingerprint density at radius 1 is 1.09 bits per heavy atom. The summed E-state index contributed by atoms with van der Waals surface area (Å²) in [5.41, 5.74) is 4.46. The van der Waals surface area contributed by atoms with Crippen molar-refractivity contribution in [3.05, 3.63) is 53.2 Å². The van der Waals surface area contributed by atoms with Crippen molar-refractivity contribution in [3.8, 4) is 17.0 Å². The van der Waals surface area contributed by atoms with Crippen LogP contribution in [0.1, 0.15) is 31.9 Å². The van der Waals surface area contributed by atoms with Gasteiger partial charge in [-0.05, 0) is 56.1 Å². The standard InChI is InChI=1S/C26H29N5O3/c1-29-22-17-27-21-7-5-18(15-20(21)25(22)31(26(29)32)24-9-14-34-24)19-6-8-23(28-16-19)33-13-4-12-30-10-2-3-11-30/h5-8,15-17,24H,2-4,9-14H2,1H3. The van der Waals surface area contributed by atoms with Gasteiger partial charge in [-0.2, -0.15) is 0 Å². The number of ether oxygens (including phenoxy) is 2. The van der Waals surface area contributed by atoms with E-state index in [1.807, 2.05) is 30.5 Å². The Kier molecular flexibility index (Phi) is 5.55. The minimum Gasteiger partial charge on any atom is -0.478 e. The highest BCUT2D eigenvalue weighted by atomic mass is 16.5. The molecule has 0 saturated carbocycles. The summed E-state index contributed by atoms with van der Waals surface area (Å²) in [6.45, 7) is 4.88. The van der Waals surface area contributed by atoms with Gasteiger partial charge in [0.15, 0.2) is 0 Å².